The van der Waals surface area contributed by atoms with E-state index in [4.69, 9.17) is 9.72 Å². The molecule has 1 fully saturated rings. The summed E-state index contributed by atoms with van der Waals surface area (Å²) in [5.74, 6) is 1.03. The van der Waals surface area contributed by atoms with Crippen LogP contribution >= 0.6 is 0 Å². The van der Waals surface area contributed by atoms with Crippen molar-refractivity contribution in [1.29, 1.82) is 0 Å². The minimum absolute atomic E-state index is 0.0832. The first kappa shape index (κ1) is 20.3. The summed E-state index contributed by atoms with van der Waals surface area (Å²) in [5, 5.41) is 0. The Bertz CT molecular complexity index is 999. The molecule has 1 amide bonds. The molecule has 0 aliphatic carbocycles. The number of benzene rings is 1. The van der Waals surface area contributed by atoms with Crippen molar-refractivity contribution < 1.29 is 9.53 Å². The Morgan fingerprint density at radius 2 is 2.00 bits per heavy atom. The van der Waals surface area contributed by atoms with Crippen LogP contribution in [0.3, 0.4) is 0 Å². The number of piperidine rings is 1. The summed E-state index contributed by atoms with van der Waals surface area (Å²) < 4.78 is 7.84. The second-order valence-corrected chi connectivity index (χ2v) is 7.90. The molecule has 30 heavy (non-hydrogen) atoms. The van der Waals surface area contributed by atoms with Gasteiger partial charge in [-0.3, -0.25) is 4.79 Å². The van der Waals surface area contributed by atoms with Gasteiger partial charge < -0.3 is 14.2 Å². The lowest BCUT2D eigenvalue weighted by molar-refractivity contribution is 0.0693. The van der Waals surface area contributed by atoms with Crippen molar-refractivity contribution in [3.8, 4) is 0 Å². The van der Waals surface area contributed by atoms with Gasteiger partial charge in [0.05, 0.1) is 18.9 Å². The Labute approximate surface area is 177 Å². The Balaban J connectivity index is 1.47. The molecule has 0 spiro atoms. The summed E-state index contributed by atoms with van der Waals surface area (Å²) >= 11 is 0. The SMILES string of the molecule is Cc1ncc(COCc2ccccc2)c(C2CCCN(C(=O)c3cccn3C)C2)n1. The smallest absolute Gasteiger partial charge is 0.270 e. The average molecular weight is 405 g/mol. The molecule has 1 saturated heterocycles. The summed E-state index contributed by atoms with van der Waals surface area (Å²) in [6.45, 7) is 4.38. The Kier molecular flexibility index (Phi) is 6.23. The fourth-order valence-electron chi connectivity index (χ4n) is 4.06. The first-order valence-electron chi connectivity index (χ1n) is 10.5. The Hall–Kier alpha value is -2.99. The molecule has 1 atom stereocenters. The summed E-state index contributed by atoms with van der Waals surface area (Å²) in [5.41, 5.74) is 3.89. The third-order valence-electron chi connectivity index (χ3n) is 5.65. The maximum Gasteiger partial charge on any atom is 0.270 e. The molecule has 1 aromatic carbocycles. The van der Waals surface area contributed by atoms with Crippen LogP contribution in [0.4, 0.5) is 0 Å². The summed E-state index contributed by atoms with van der Waals surface area (Å²) in [7, 11) is 1.91. The van der Waals surface area contributed by atoms with E-state index in [1.54, 1.807) is 0 Å². The number of hydrogen-bond acceptors (Lipinski definition) is 4. The molecule has 1 aliphatic rings. The molecule has 0 radical (unpaired) electrons. The lowest BCUT2D eigenvalue weighted by Crippen LogP contribution is -2.40. The van der Waals surface area contributed by atoms with E-state index in [1.165, 1.54) is 0 Å². The topological polar surface area (TPSA) is 60.2 Å². The van der Waals surface area contributed by atoms with Gasteiger partial charge in [0.1, 0.15) is 11.5 Å². The first-order valence-corrected chi connectivity index (χ1v) is 10.5. The molecule has 1 aliphatic heterocycles. The molecule has 4 rings (SSSR count). The van der Waals surface area contributed by atoms with Crippen molar-refractivity contribution in [3.63, 3.8) is 0 Å². The van der Waals surface area contributed by atoms with E-state index >= 15 is 0 Å². The minimum Gasteiger partial charge on any atom is -0.372 e. The number of likely N-dealkylation sites (tertiary alicyclic amines) is 1. The van der Waals surface area contributed by atoms with Crippen molar-refractivity contribution in [2.45, 2.75) is 38.9 Å². The number of aryl methyl sites for hydroxylation is 2. The first-order chi connectivity index (χ1) is 14.6. The number of rotatable bonds is 6. The van der Waals surface area contributed by atoms with E-state index in [1.807, 2.05) is 66.2 Å². The van der Waals surface area contributed by atoms with Gasteiger partial charge in [-0.05, 0) is 37.5 Å². The lowest BCUT2D eigenvalue weighted by Gasteiger charge is -2.33. The summed E-state index contributed by atoms with van der Waals surface area (Å²) in [6.07, 6.45) is 5.76. The van der Waals surface area contributed by atoms with Crippen LogP contribution in [0.25, 0.3) is 0 Å². The number of amides is 1. The largest absolute Gasteiger partial charge is 0.372 e. The van der Waals surface area contributed by atoms with Crippen LogP contribution in [-0.2, 0) is 25.0 Å². The van der Waals surface area contributed by atoms with E-state index < -0.39 is 0 Å². The van der Waals surface area contributed by atoms with Crippen molar-refractivity contribution in [2.24, 2.45) is 7.05 Å². The summed E-state index contributed by atoms with van der Waals surface area (Å²) in [6, 6.07) is 13.9. The highest BCUT2D eigenvalue weighted by Crippen LogP contribution is 2.29. The van der Waals surface area contributed by atoms with Crippen LogP contribution in [0.15, 0.2) is 54.9 Å². The molecular weight excluding hydrogens is 376 g/mol. The highest BCUT2D eigenvalue weighted by molar-refractivity contribution is 5.92. The normalized spacial score (nSPS) is 16.6. The van der Waals surface area contributed by atoms with Gasteiger partial charge in [-0.1, -0.05) is 30.3 Å². The van der Waals surface area contributed by atoms with Crippen LogP contribution in [-0.4, -0.2) is 38.4 Å². The molecular formula is C24H28N4O2. The van der Waals surface area contributed by atoms with Gasteiger partial charge >= 0.3 is 0 Å². The number of nitrogens with zero attached hydrogens (tertiary/aromatic N) is 4. The zero-order valence-corrected chi connectivity index (χ0v) is 17.6. The van der Waals surface area contributed by atoms with Crippen LogP contribution in [0.1, 0.15) is 51.9 Å². The molecule has 2 aromatic heterocycles. The van der Waals surface area contributed by atoms with Gasteiger partial charge in [-0.2, -0.15) is 0 Å². The monoisotopic (exact) mass is 404 g/mol. The molecule has 6 nitrogen and oxygen atoms in total. The quantitative estimate of drug-likeness (QED) is 0.626. The second kappa shape index (κ2) is 9.22. The third-order valence-corrected chi connectivity index (χ3v) is 5.65. The van der Waals surface area contributed by atoms with E-state index in [9.17, 15) is 4.79 Å². The Morgan fingerprint density at radius 1 is 1.17 bits per heavy atom. The maximum absolute atomic E-state index is 13.0. The van der Waals surface area contributed by atoms with Crippen molar-refractivity contribution in [3.05, 3.63) is 83.2 Å². The minimum atomic E-state index is 0.0832. The standard InChI is InChI=1S/C24H28N4O2/c1-18-25-14-21(17-30-16-19-8-4-3-5-9-19)23(26-18)20-10-6-13-28(15-20)24(29)22-11-7-12-27(22)2/h3-5,7-9,11-12,14,20H,6,10,13,15-17H2,1-2H3. The predicted octanol–water partition coefficient (Wildman–Crippen LogP) is 3.86. The Morgan fingerprint density at radius 3 is 2.77 bits per heavy atom. The van der Waals surface area contributed by atoms with Gasteiger partial charge in [0.15, 0.2) is 0 Å². The predicted molar refractivity (Wildman–Crippen MR) is 115 cm³/mol. The summed E-state index contributed by atoms with van der Waals surface area (Å²) in [4.78, 5) is 24.1. The number of aromatic nitrogens is 3. The van der Waals surface area contributed by atoms with E-state index in [-0.39, 0.29) is 11.8 Å². The number of ether oxygens (including phenoxy) is 1. The fraction of sp³-hybridized carbons (Fsp3) is 0.375. The van der Waals surface area contributed by atoms with Gasteiger partial charge in [0.2, 0.25) is 0 Å². The highest BCUT2D eigenvalue weighted by Gasteiger charge is 2.29. The van der Waals surface area contributed by atoms with Gasteiger partial charge in [-0.15, -0.1) is 0 Å². The molecule has 6 heteroatoms. The number of carbonyl (C=O) groups is 1. The molecule has 0 saturated carbocycles. The molecule has 156 valence electrons. The van der Waals surface area contributed by atoms with Gasteiger partial charge in [0, 0.05) is 44.0 Å². The van der Waals surface area contributed by atoms with Crippen molar-refractivity contribution in [2.75, 3.05) is 13.1 Å². The van der Waals surface area contributed by atoms with Gasteiger partial charge in [-0.25, -0.2) is 9.97 Å². The molecule has 0 N–H and O–H groups in total. The molecule has 0 bridgehead atoms. The van der Waals surface area contributed by atoms with Gasteiger partial charge in [0.25, 0.3) is 5.91 Å². The lowest BCUT2D eigenvalue weighted by atomic mass is 9.92. The number of carbonyl (C=O) groups excluding carboxylic acids is 1. The van der Waals surface area contributed by atoms with Crippen LogP contribution < -0.4 is 0 Å². The second-order valence-electron chi connectivity index (χ2n) is 7.90. The third kappa shape index (κ3) is 4.60. The molecule has 3 aromatic rings. The van der Waals surface area contributed by atoms with E-state index in [0.29, 0.717) is 19.8 Å². The van der Waals surface area contributed by atoms with E-state index in [0.717, 1.165) is 47.7 Å². The van der Waals surface area contributed by atoms with Crippen molar-refractivity contribution in [1.82, 2.24) is 19.4 Å². The van der Waals surface area contributed by atoms with E-state index in [2.05, 4.69) is 17.1 Å². The van der Waals surface area contributed by atoms with Crippen molar-refractivity contribution >= 4 is 5.91 Å². The zero-order valence-electron chi connectivity index (χ0n) is 17.6. The highest BCUT2D eigenvalue weighted by atomic mass is 16.5. The molecule has 1 unspecified atom stereocenters. The van der Waals surface area contributed by atoms with Crippen LogP contribution in [0.5, 0.6) is 0 Å². The zero-order chi connectivity index (χ0) is 20.9. The average Bonchev–Trinajstić information content (AvgIpc) is 3.21. The van der Waals surface area contributed by atoms with Crippen LogP contribution in [0, 0.1) is 6.92 Å². The van der Waals surface area contributed by atoms with Crippen LogP contribution in [0.2, 0.25) is 0 Å². The number of hydrogen-bond donors (Lipinski definition) is 0. The molecule has 3 heterocycles. The fourth-order valence-corrected chi connectivity index (χ4v) is 4.06. The maximum atomic E-state index is 13.0.